The van der Waals surface area contributed by atoms with Gasteiger partial charge < -0.3 is 4.57 Å². The van der Waals surface area contributed by atoms with Crippen molar-refractivity contribution >= 4 is 54.1 Å². The Labute approximate surface area is 176 Å². The summed E-state index contributed by atoms with van der Waals surface area (Å²) in [5, 5.41) is 7.62. The SMILES string of the molecule is CCn1c2ccccc2c2cc3c4ccc(C(F)(F)F)cc4c4ccccc4c3cc21. The van der Waals surface area contributed by atoms with Crippen LogP contribution in [0.1, 0.15) is 12.5 Å². The number of benzene rings is 5. The summed E-state index contributed by atoms with van der Waals surface area (Å²) < 4.78 is 42.7. The van der Waals surface area contributed by atoms with E-state index in [0.717, 1.165) is 49.8 Å². The molecule has 31 heavy (non-hydrogen) atoms. The predicted molar refractivity (Wildman–Crippen MR) is 123 cm³/mol. The van der Waals surface area contributed by atoms with Crippen LogP contribution in [0.4, 0.5) is 13.2 Å². The molecule has 0 saturated carbocycles. The lowest BCUT2D eigenvalue weighted by atomic mass is 9.92. The molecule has 0 bridgehead atoms. The van der Waals surface area contributed by atoms with Crippen LogP contribution in [0.3, 0.4) is 0 Å². The molecule has 1 nitrogen and oxygen atoms in total. The Balaban J connectivity index is 1.87. The number of aryl methyl sites for hydroxylation is 1. The summed E-state index contributed by atoms with van der Waals surface area (Å²) in [5.41, 5.74) is 1.70. The summed E-state index contributed by atoms with van der Waals surface area (Å²) in [4.78, 5) is 0. The number of hydrogen-bond acceptors (Lipinski definition) is 0. The lowest BCUT2D eigenvalue weighted by Gasteiger charge is -2.14. The minimum Gasteiger partial charge on any atom is -0.341 e. The third-order valence-electron chi connectivity index (χ3n) is 6.37. The summed E-state index contributed by atoms with van der Waals surface area (Å²) in [6.07, 6.45) is -4.37. The fraction of sp³-hybridized carbons (Fsp3) is 0.111. The van der Waals surface area contributed by atoms with E-state index in [1.54, 1.807) is 6.07 Å². The Morgan fingerprint density at radius 3 is 1.84 bits per heavy atom. The van der Waals surface area contributed by atoms with E-state index in [9.17, 15) is 13.2 Å². The molecule has 1 aromatic heterocycles. The van der Waals surface area contributed by atoms with Crippen LogP contribution in [0.2, 0.25) is 0 Å². The number of aromatic nitrogens is 1. The number of nitrogens with zero attached hydrogens (tertiary/aromatic N) is 1. The normalized spacial score (nSPS) is 12.6. The first-order chi connectivity index (χ1) is 15.0. The summed E-state index contributed by atoms with van der Waals surface area (Å²) >= 11 is 0. The topological polar surface area (TPSA) is 4.93 Å². The predicted octanol–water partition coefficient (Wildman–Crippen LogP) is 8.29. The van der Waals surface area contributed by atoms with Gasteiger partial charge in [-0.1, -0.05) is 48.5 Å². The highest BCUT2D eigenvalue weighted by atomic mass is 19.4. The van der Waals surface area contributed by atoms with Gasteiger partial charge in [-0.3, -0.25) is 0 Å². The highest BCUT2D eigenvalue weighted by Crippen LogP contribution is 2.41. The quantitative estimate of drug-likeness (QED) is 0.239. The zero-order valence-electron chi connectivity index (χ0n) is 16.8. The van der Waals surface area contributed by atoms with Gasteiger partial charge >= 0.3 is 6.18 Å². The first kappa shape index (κ1) is 18.3. The molecule has 1 heterocycles. The average Bonchev–Trinajstić information content (AvgIpc) is 3.10. The zero-order valence-corrected chi connectivity index (χ0v) is 16.8. The van der Waals surface area contributed by atoms with Crippen LogP contribution >= 0.6 is 0 Å². The maximum Gasteiger partial charge on any atom is 0.416 e. The second-order valence-electron chi connectivity index (χ2n) is 7.98. The minimum absolute atomic E-state index is 0.617. The third kappa shape index (κ3) is 2.51. The lowest BCUT2D eigenvalue weighted by molar-refractivity contribution is -0.137. The number of fused-ring (bicyclic) bond motifs is 9. The molecule has 6 aromatic rings. The molecule has 0 aliphatic heterocycles. The van der Waals surface area contributed by atoms with E-state index in [0.29, 0.717) is 5.39 Å². The van der Waals surface area contributed by atoms with E-state index in [2.05, 4.69) is 35.8 Å². The van der Waals surface area contributed by atoms with Crippen LogP contribution in [0.5, 0.6) is 0 Å². The van der Waals surface area contributed by atoms with E-state index in [1.165, 1.54) is 17.6 Å². The van der Waals surface area contributed by atoms with Crippen LogP contribution in [0.25, 0.3) is 54.1 Å². The van der Waals surface area contributed by atoms with Gasteiger partial charge in [-0.25, -0.2) is 0 Å². The van der Waals surface area contributed by atoms with E-state index >= 15 is 0 Å². The van der Waals surface area contributed by atoms with Crippen molar-refractivity contribution in [2.24, 2.45) is 0 Å². The van der Waals surface area contributed by atoms with Crippen molar-refractivity contribution in [1.82, 2.24) is 4.57 Å². The average molecular weight is 413 g/mol. The zero-order chi connectivity index (χ0) is 21.3. The Morgan fingerprint density at radius 1 is 0.581 bits per heavy atom. The minimum atomic E-state index is -4.37. The van der Waals surface area contributed by atoms with E-state index < -0.39 is 11.7 Å². The number of alkyl halides is 3. The monoisotopic (exact) mass is 413 g/mol. The van der Waals surface area contributed by atoms with Crippen molar-refractivity contribution in [3.8, 4) is 0 Å². The molecule has 0 radical (unpaired) electrons. The molecule has 0 fully saturated rings. The molecule has 0 unspecified atom stereocenters. The highest BCUT2D eigenvalue weighted by Gasteiger charge is 2.30. The highest BCUT2D eigenvalue weighted by molar-refractivity contribution is 6.28. The van der Waals surface area contributed by atoms with Gasteiger partial charge in [-0.2, -0.15) is 13.2 Å². The largest absolute Gasteiger partial charge is 0.416 e. The molecular formula is C27H18F3N. The molecule has 152 valence electrons. The second-order valence-corrected chi connectivity index (χ2v) is 7.98. The van der Waals surface area contributed by atoms with Gasteiger partial charge in [0.05, 0.1) is 5.56 Å². The number of halogens is 3. The second kappa shape index (κ2) is 6.24. The van der Waals surface area contributed by atoms with Gasteiger partial charge in [0, 0.05) is 28.4 Å². The van der Waals surface area contributed by atoms with Crippen molar-refractivity contribution in [3.63, 3.8) is 0 Å². The van der Waals surface area contributed by atoms with Gasteiger partial charge in [-0.15, -0.1) is 0 Å². The third-order valence-corrected chi connectivity index (χ3v) is 6.37. The number of para-hydroxylation sites is 1. The van der Waals surface area contributed by atoms with Crippen LogP contribution in [-0.4, -0.2) is 4.57 Å². The summed E-state index contributed by atoms with van der Waals surface area (Å²) in [6.45, 7) is 2.98. The smallest absolute Gasteiger partial charge is 0.341 e. The molecule has 0 N–H and O–H groups in total. The Hall–Kier alpha value is -3.53. The molecule has 4 heteroatoms. The van der Waals surface area contributed by atoms with E-state index in [4.69, 9.17) is 0 Å². The molecule has 0 aliphatic carbocycles. The van der Waals surface area contributed by atoms with Gasteiger partial charge in [-0.05, 0) is 69.6 Å². The van der Waals surface area contributed by atoms with E-state index in [-0.39, 0.29) is 0 Å². The van der Waals surface area contributed by atoms with Gasteiger partial charge in [0.15, 0.2) is 0 Å². The first-order valence-corrected chi connectivity index (χ1v) is 10.3. The summed E-state index contributed by atoms with van der Waals surface area (Å²) in [5.74, 6) is 0. The van der Waals surface area contributed by atoms with E-state index in [1.807, 2.05) is 36.4 Å². The molecular weight excluding hydrogens is 395 g/mol. The van der Waals surface area contributed by atoms with Crippen LogP contribution in [0, 0.1) is 0 Å². The van der Waals surface area contributed by atoms with Gasteiger partial charge in [0.2, 0.25) is 0 Å². The van der Waals surface area contributed by atoms with Crippen molar-refractivity contribution < 1.29 is 13.2 Å². The number of rotatable bonds is 1. The van der Waals surface area contributed by atoms with Crippen molar-refractivity contribution in [2.45, 2.75) is 19.6 Å². The summed E-state index contributed by atoms with van der Waals surface area (Å²) in [6, 6.07) is 24.5. The maximum absolute atomic E-state index is 13.5. The standard InChI is InChI=1S/C27H18F3N/c1-2-31-25-10-6-5-9-20(25)24-14-22-19-12-11-16(27(28,29)30)13-21(19)17-7-3-4-8-18(17)23(22)15-26(24)31/h3-15H,2H2,1H3. The van der Waals surface area contributed by atoms with Crippen molar-refractivity contribution in [1.29, 1.82) is 0 Å². The molecule has 0 spiro atoms. The molecule has 0 saturated heterocycles. The molecule has 5 aromatic carbocycles. The van der Waals surface area contributed by atoms with Crippen molar-refractivity contribution in [2.75, 3.05) is 0 Å². The Kier molecular flexibility index (Phi) is 3.67. The van der Waals surface area contributed by atoms with Crippen LogP contribution in [0.15, 0.2) is 78.9 Å². The van der Waals surface area contributed by atoms with Gasteiger partial charge in [0.1, 0.15) is 0 Å². The lowest BCUT2D eigenvalue weighted by Crippen LogP contribution is -2.04. The van der Waals surface area contributed by atoms with Crippen LogP contribution in [-0.2, 0) is 12.7 Å². The first-order valence-electron chi connectivity index (χ1n) is 10.3. The molecule has 0 atom stereocenters. The van der Waals surface area contributed by atoms with Crippen molar-refractivity contribution in [3.05, 3.63) is 84.4 Å². The Bertz CT molecular complexity index is 1650. The fourth-order valence-corrected chi connectivity index (χ4v) is 5.01. The molecule has 0 amide bonds. The molecule has 0 aliphatic rings. The number of hydrogen-bond donors (Lipinski definition) is 0. The molecule has 6 rings (SSSR count). The summed E-state index contributed by atoms with van der Waals surface area (Å²) in [7, 11) is 0. The van der Waals surface area contributed by atoms with Gasteiger partial charge in [0.25, 0.3) is 0 Å². The fourth-order valence-electron chi connectivity index (χ4n) is 5.01. The van der Waals surface area contributed by atoms with Crippen LogP contribution < -0.4 is 0 Å². The Morgan fingerprint density at radius 2 is 1.16 bits per heavy atom. The maximum atomic E-state index is 13.5.